The normalized spacial score (nSPS) is 12.5. The highest BCUT2D eigenvalue weighted by molar-refractivity contribution is 6.33. The quantitative estimate of drug-likeness (QED) is 0.384. The van der Waals surface area contributed by atoms with Crippen molar-refractivity contribution in [3.63, 3.8) is 0 Å². The number of hydrogen-bond donors (Lipinski definition) is 1. The molecule has 0 fully saturated rings. The van der Waals surface area contributed by atoms with E-state index in [1.165, 1.54) is 18.2 Å². The van der Waals surface area contributed by atoms with E-state index in [2.05, 4.69) is 5.10 Å². The van der Waals surface area contributed by atoms with Gasteiger partial charge in [0.15, 0.2) is 5.78 Å². The standard InChI is InChI=1S/C23H20ClF4N3O3/c1-30(2)20-7-6-13(8-18(20)24)19-11-17(21(33)9-14(12-32)23(26,27)28)22(34)31(29-19)16-5-3-4-15(25)10-16/h3-8,10-11,14,32H,9,12H2,1-2H3/t14-/m1/s1. The highest BCUT2D eigenvalue weighted by Gasteiger charge is 2.40. The molecular weight excluding hydrogens is 478 g/mol. The number of benzene rings is 2. The number of carbonyl (C=O) groups is 1. The van der Waals surface area contributed by atoms with Crippen LogP contribution in [0.4, 0.5) is 23.2 Å². The zero-order valence-electron chi connectivity index (χ0n) is 18.1. The second-order valence-corrected chi connectivity index (χ2v) is 8.16. The minimum absolute atomic E-state index is 0.0218. The minimum atomic E-state index is -4.84. The van der Waals surface area contributed by atoms with Crippen LogP contribution in [0, 0.1) is 11.7 Å². The average Bonchev–Trinajstić information content (AvgIpc) is 2.76. The molecule has 3 aromatic rings. The van der Waals surface area contributed by atoms with Crippen molar-refractivity contribution in [2.24, 2.45) is 5.92 Å². The van der Waals surface area contributed by atoms with Gasteiger partial charge in [0, 0.05) is 26.1 Å². The smallest absolute Gasteiger partial charge is 0.394 e. The predicted octanol–water partition coefficient (Wildman–Crippen LogP) is 4.50. The van der Waals surface area contributed by atoms with Crippen molar-refractivity contribution in [1.29, 1.82) is 0 Å². The first kappa shape index (κ1) is 25.4. The number of carbonyl (C=O) groups excluding carboxylic acids is 1. The van der Waals surface area contributed by atoms with Crippen LogP contribution in [0.2, 0.25) is 5.02 Å². The number of halogens is 5. The van der Waals surface area contributed by atoms with Crippen molar-refractivity contribution in [2.45, 2.75) is 12.6 Å². The van der Waals surface area contributed by atoms with Crippen molar-refractivity contribution in [1.82, 2.24) is 9.78 Å². The molecular formula is C23H20ClF4N3O3. The third-order valence-corrected chi connectivity index (χ3v) is 5.41. The van der Waals surface area contributed by atoms with Gasteiger partial charge in [-0.2, -0.15) is 23.0 Å². The molecule has 1 N–H and O–H groups in total. The van der Waals surface area contributed by atoms with Crippen LogP contribution in [0.5, 0.6) is 0 Å². The van der Waals surface area contributed by atoms with Gasteiger partial charge in [-0.15, -0.1) is 0 Å². The molecule has 34 heavy (non-hydrogen) atoms. The molecule has 2 aromatic carbocycles. The van der Waals surface area contributed by atoms with Crippen LogP contribution in [0.3, 0.4) is 0 Å². The highest BCUT2D eigenvalue weighted by Crippen LogP contribution is 2.31. The Hall–Kier alpha value is -3.24. The molecule has 3 rings (SSSR count). The number of anilines is 1. The molecule has 6 nitrogen and oxygen atoms in total. The third-order valence-electron chi connectivity index (χ3n) is 5.11. The molecule has 0 saturated carbocycles. The van der Waals surface area contributed by atoms with E-state index >= 15 is 0 Å². The van der Waals surface area contributed by atoms with Crippen LogP contribution in [0.15, 0.2) is 53.3 Å². The largest absolute Gasteiger partial charge is 0.396 e. The lowest BCUT2D eigenvalue weighted by Crippen LogP contribution is -2.32. The van der Waals surface area contributed by atoms with Gasteiger partial charge in [0.2, 0.25) is 0 Å². The molecule has 180 valence electrons. The molecule has 1 heterocycles. The fourth-order valence-corrected chi connectivity index (χ4v) is 3.61. The van der Waals surface area contributed by atoms with E-state index in [0.29, 0.717) is 16.3 Å². The topological polar surface area (TPSA) is 75.4 Å². The second-order valence-electron chi connectivity index (χ2n) is 7.75. The lowest BCUT2D eigenvalue weighted by atomic mass is 9.98. The summed E-state index contributed by atoms with van der Waals surface area (Å²) >= 11 is 6.32. The van der Waals surface area contributed by atoms with Gasteiger partial charge in [-0.1, -0.05) is 23.7 Å². The average molecular weight is 498 g/mol. The van der Waals surface area contributed by atoms with E-state index in [1.807, 2.05) is 0 Å². The summed E-state index contributed by atoms with van der Waals surface area (Å²) in [6.45, 7) is -1.31. The van der Waals surface area contributed by atoms with E-state index in [1.54, 1.807) is 31.1 Å². The summed E-state index contributed by atoms with van der Waals surface area (Å²) in [6.07, 6.45) is -5.97. The minimum Gasteiger partial charge on any atom is -0.396 e. The first-order chi connectivity index (χ1) is 15.9. The van der Waals surface area contributed by atoms with Crippen molar-refractivity contribution in [3.05, 3.63) is 75.3 Å². The van der Waals surface area contributed by atoms with Crippen molar-refractivity contribution >= 4 is 23.1 Å². The summed E-state index contributed by atoms with van der Waals surface area (Å²) in [5, 5.41) is 13.6. The molecule has 0 aliphatic carbocycles. The molecule has 0 aliphatic heterocycles. The monoisotopic (exact) mass is 497 g/mol. The summed E-state index contributed by atoms with van der Waals surface area (Å²) in [5.74, 6) is -4.15. The molecule has 0 radical (unpaired) electrons. The van der Waals surface area contributed by atoms with Gasteiger partial charge in [-0.25, -0.2) is 4.39 Å². The lowest BCUT2D eigenvalue weighted by Gasteiger charge is -2.18. The van der Waals surface area contributed by atoms with Gasteiger partial charge in [0.25, 0.3) is 5.56 Å². The zero-order chi connectivity index (χ0) is 25.2. The number of rotatable bonds is 7. The zero-order valence-corrected chi connectivity index (χ0v) is 18.9. The Balaban J connectivity index is 2.19. The SMILES string of the molecule is CN(C)c1ccc(-c2cc(C(=O)C[C@H](CO)C(F)(F)F)c(=O)n(-c3cccc(F)c3)n2)cc1Cl. The van der Waals surface area contributed by atoms with E-state index in [0.717, 1.165) is 22.9 Å². The van der Waals surface area contributed by atoms with E-state index in [4.69, 9.17) is 16.7 Å². The molecule has 0 amide bonds. The summed E-state index contributed by atoms with van der Waals surface area (Å²) in [6, 6.07) is 10.7. The molecule has 0 spiro atoms. The second kappa shape index (κ2) is 9.94. The fraction of sp³-hybridized carbons (Fsp3) is 0.261. The Kier molecular flexibility index (Phi) is 7.42. The van der Waals surface area contributed by atoms with Gasteiger partial charge in [-0.05, 0) is 36.4 Å². The third kappa shape index (κ3) is 5.45. The van der Waals surface area contributed by atoms with Gasteiger partial charge >= 0.3 is 6.18 Å². The number of alkyl halides is 3. The van der Waals surface area contributed by atoms with Gasteiger partial charge in [0.1, 0.15) is 5.82 Å². The maximum atomic E-state index is 13.8. The maximum absolute atomic E-state index is 13.8. The predicted molar refractivity (Wildman–Crippen MR) is 120 cm³/mol. The summed E-state index contributed by atoms with van der Waals surface area (Å²) < 4.78 is 53.9. The molecule has 0 bridgehead atoms. The lowest BCUT2D eigenvalue weighted by molar-refractivity contribution is -0.182. The van der Waals surface area contributed by atoms with Gasteiger partial charge < -0.3 is 10.0 Å². The molecule has 1 atom stereocenters. The fourth-order valence-electron chi connectivity index (χ4n) is 3.26. The number of aromatic nitrogens is 2. The van der Waals surface area contributed by atoms with E-state index in [9.17, 15) is 27.2 Å². The van der Waals surface area contributed by atoms with Gasteiger partial charge in [-0.3, -0.25) is 9.59 Å². The Morgan fingerprint density at radius 2 is 1.88 bits per heavy atom. The summed E-state index contributed by atoms with van der Waals surface area (Å²) in [4.78, 5) is 27.5. The van der Waals surface area contributed by atoms with Crippen LogP contribution < -0.4 is 10.5 Å². The highest BCUT2D eigenvalue weighted by atomic mass is 35.5. The van der Waals surface area contributed by atoms with E-state index < -0.39 is 47.8 Å². The molecule has 11 heteroatoms. The number of aliphatic hydroxyl groups excluding tert-OH is 1. The number of nitrogens with zero attached hydrogens (tertiary/aromatic N) is 3. The molecule has 0 unspecified atom stereocenters. The first-order valence-corrected chi connectivity index (χ1v) is 10.4. The van der Waals surface area contributed by atoms with Crippen LogP contribution in [0.1, 0.15) is 16.8 Å². The summed E-state index contributed by atoms with van der Waals surface area (Å²) in [5.41, 5.74) is -0.502. The van der Waals surface area contributed by atoms with Crippen molar-refractivity contribution in [3.8, 4) is 16.9 Å². The van der Waals surface area contributed by atoms with Crippen LogP contribution >= 0.6 is 11.6 Å². The Morgan fingerprint density at radius 3 is 2.44 bits per heavy atom. The van der Waals surface area contributed by atoms with Crippen LogP contribution in [0.25, 0.3) is 16.9 Å². The molecule has 0 saturated heterocycles. The van der Waals surface area contributed by atoms with E-state index in [-0.39, 0.29) is 11.4 Å². The summed E-state index contributed by atoms with van der Waals surface area (Å²) in [7, 11) is 3.55. The van der Waals surface area contributed by atoms with Crippen LogP contribution in [-0.4, -0.2) is 47.5 Å². The van der Waals surface area contributed by atoms with Crippen molar-refractivity contribution < 1.29 is 27.5 Å². The number of Topliss-reactive ketones (excluding diaryl/α,β-unsaturated/α-hetero) is 1. The maximum Gasteiger partial charge on any atom is 0.394 e. The number of ketones is 1. The number of aliphatic hydroxyl groups is 1. The Morgan fingerprint density at radius 1 is 1.18 bits per heavy atom. The first-order valence-electron chi connectivity index (χ1n) is 10.0. The molecule has 1 aromatic heterocycles. The Bertz CT molecular complexity index is 1280. The van der Waals surface area contributed by atoms with Crippen molar-refractivity contribution in [2.75, 3.05) is 25.6 Å². The van der Waals surface area contributed by atoms with Gasteiger partial charge in [0.05, 0.1) is 40.2 Å². The Labute approximate surface area is 197 Å². The molecule has 0 aliphatic rings. The van der Waals surface area contributed by atoms with Crippen LogP contribution in [-0.2, 0) is 0 Å². The number of hydrogen-bond acceptors (Lipinski definition) is 5.